The Morgan fingerprint density at radius 3 is 3.00 bits per heavy atom. The second-order valence-electron chi connectivity index (χ2n) is 4.92. The van der Waals surface area contributed by atoms with Gasteiger partial charge in [-0.3, -0.25) is 9.59 Å². The fraction of sp³-hybridized carbons (Fsp3) is 0.250. The number of anilines is 1. The summed E-state index contributed by atoms with van der Waals surface area (Å²) in [6.45, 7) is 0.751. The predicted molar refractivity (Wildman–Crippen MR) is 87.1 cm³/mol. The van der Waals surface area contributed by atoms with Crippen molar-refractivity contribution < 1.29 is 18.7 Å². The van der Waals surface area contributed by atoms with E-state index < -0.39 is 0 Å². The van der Waals surface area contributed by atoms with E-state index in [1.54, 1.807) is 11.0 Å². The number of rotatable bonds is 5. The third-order valence-corrected chi connectivity index (χ3v) is 4.08. The van der Waals surface area contributed by atoms with Gasteiger partial charge < -0.3 is 19.4 Å². The molecule has 1 aromatic heterocycles. The van der Waals surface area contributed by atoms with Gasteiger partial charge in [-0.2, -0.15) is 0 Å². The van der Waals surface area contributed by atoms with Crippen LogP contribution in [0.1, 0.15) is 10.4 Å². The average Bonchev–Trinajstić information content (AvgIpc) is 3.06. The summed E-state index contributed by atoms with van der Waals surface area (Å²) in [4.78, 5) is 25.7. The number of carbonyl (C=O) groups is 2. The molecule has 1 aliphatic heterocycles. The third-order valence-electron chi connectivity index (χ3n) is 3.47. The first-order valence-electron chi connectivity index (χ1n) is 7.12. The molecule has 120 valence electrons. The minimum Gasteiger partial charge on any atom is -0.482 e. The zero-order valence-electron chi connectivity index (χ0n) is 12.6. The molecule has 2 amide bonds. The number of fused-ring (bicyclic) bond motifs is 1. The summed E-state index contributed by atoms with van der Waals surface area (Å²) >= 11 is 1.43. The monoisotopic (exact) mass is 332 g/mol. The zero-order chi connectivity index (χ0) is 16.2. The number of nitrogens with zero attached hydrogens (tertiary/aromatic N) is 1. The Kier molecular flexibility index (Phi) is 4.57. The number of hydrogen-bond donors (Lipinski definition) is 1. The normalized spacial score (nSPS) is 13.4. The van der Waals surface area contributed by atoms with Crippen LogP contribution in [0.5, 0.6) is 5.75 Å². The molecule has 23 heavy (non-hydrogen) atoms. The van der Waals surface area contributed by atoms with Crippen LogP contribution < -0.4 is 15.0 Å². The van der Waals surface area contributed by atoms with Crippen LogP contribution in [0.25, 0.3) is 0 Å². The van der Waals surface area contributed by atoms with Crippen molar-refractivity contribution in [3.8, 4) is 5.75 Å². The quantitative estimate of drug-likeness (QED) is 0.850. The van der Waals surface area contributed by atoms with Crippen molar-refractivity contribution in [3.05, 3.63) is 42.2 Å². The molecule has 0 atom stereocenters. The molecule has 0 bridgehead atoms. The molecule has 3 rings (SSSR count). The van der Waals surface area contributed by atoms with Crippen molar-refractivity contribution in [1.29, 1.82) is 0 Å². The molecule has 0 spiro atoms. The molecule has 0 aliphatic carbocycles. The molecule has 1 aliphatic rings. The van der Waals surface area contributed by atoms with E-state index in [1.807, 2.05) is 30.5 Å². The van der Waals surface area contributed by atoms with Gasteiger partial charge in [-0.05, 0) is 18.4 Å². The van der Waals surface area contributed by atoms with Gasteiger partial charge in [-0.25, -0.2) is 0 Å². The van der Waals surface area contributed by atoms with Gasteiger partial charge >= 0.3 is 0 Å². The maximum Gasteiger partial charge on any atom is 0.265 e. The first-order chi connectivity index (χ1) is 11.2. The molecule has 1 N–H and O–H groups in total. The summed E-state index contributed by atoms with van der Waals surface area (Å²) in [5.74, 6) is 0.340. The van der Waals surface area contributed by atoms with Gasteiger partial charge in [-0.15, -0.1) is 0 Å². The van der Waals surface area contributed by atoms with E-state index in [2.05, 4.69) is 5.32 Å². The summed E-state index contributed by atoms with van der Waals surface area (Å²) in [7, 11) is 0. The molecule has 0 saturated heterocycles. The minimum absolute atomic E-state index is 0.0176. The number of furan rings is 1. The van der Waals surface area contributed by atoms with Crippen molar-refractivity contribution in [2.75, 3.05) is 30.9 Å². The zero-order valence-corrected chi connectivity index (χ0v) is 13.4. The van der Waals surface area contributed by atoms with Gasteiger partial charge in [0.1, 0.15) is 12.0 Å². The van der Waals surface area contributed by atoms with Gasteiger partial charge in [0.05, 0.1) is 11.3 Å². The van der Waals surface area contributed by atoms with E-state index in [0.717, 1.165) is 5.69 Å². The maximum atomic E-state index is 12.0. The van der Waals surface area contributed by atoms with E-state index in [-0.39, 0.29) is 18.4 Å². The maximum absolute atomic E-state index is 12.0. The van der Waals surface area contributed by atoms with E-state index in [1.165, 1.54) is 18.0 Å². The lowest BCUT2D eigenvalue weighted by Crippen LogP contribution is -2.43. The number of thioether (sulfide) groups is 1. The number of amides is 2. The average molecular weight is 332 g/mol. The molecular formula is C16H16N2O4S. The molecule has 6 nitrogen and oxygen atoms in total. The van der Waals surface area contributed by atoms with Gasteiger partial charge in [0.2, 0.25) is 0 Å². The predicted octanol–water partition coefficient (Wildman–Crippen LogP) is 2.16. The number of hydrogen-bond acceptors (Lipinski definition) is 5. The Labute approximate surface area is 137 Å². The van der Waals surface area contributed by atoms with Gasteiger partial charge in [-0.1, -0.05) is 23.9 Å². The lowest BCUT2D eigenvalue weighted by atomic mass is 10.2. The van der Waals surface area contributed by atoms with E-state index >= 15 is 0 Å². The molecular weight excluding hydrogens is 316 g/mol. The Hall–Kier alpha value is -2.41. The van der Waals surface area contributed by atoms with Crippen LogP contribution in [0.15, 0.2) is 46.1 Å². The Balaban J connectivity index is 1.60. The van der Waals surface area contributed by atoms with Crippen molar-refractivity contribution in [1.82, 2.24) is 5.32 Å². The van der Waals surface area contributed by atoms with E-state index in [0.29, 0.717) is 29.5 Å². The number of benzene rings is 1. The number of ether oxygens (including phenoxy) is 1. The van der Waals surface area contributed by atoms with Gasteiger partial charge in [0.15, 0.2) is 11.7 Å². The molecule has 0 radical (unpaired) electrons. The highest BCUT2D eigenvalue weighted by atomic mass is 32.2. The van der Waals surface area contributed by atoms with Gasteiger partial charge in [0.25, 0.3) is 11.8 Å². The summed E-state index contributed by atoms with van der Waals surface area (Å²) < 4.78 is 10.6. The third kappa shape index (κ3) is 3.34. The van der Waals surface area contributed by atoms with Crippen molar-refractivity contribution >= 4 is 29.3 Å². The molecule has 2 heterocycles. The summed E-state index contributed by atoms with van der Waals surface area (Å²) in [5.41, 5.74) is 1.20. The Morgan fingerprint density at radius 1 is 1.39 bits per heavy atom. The van der Waals surface area contributed by atoms with Crippen LogP contribution in [-0.4, -0.2) is 37.8 Å². The molecule has 1 aromatic carbocycles. The fourth-order valence-corrected chi connectivity index (χ4v) is 2.71. The standard InChI is InChI=1S/C16H16N2O4S/c1-23-15-8-11(9-22-15)16(20)17-6-7-18-12-4-2-3-5-13(12)21-10-14(18)19/h2-5,8-9H,6-7,10H2,1H3,(H,17,20). The highest BCUT2D eigenvalue weighted by Gasteiger charge is 2.24. The van der Waals surface area contributed by atoms with Crippen molar-refractivity contribution in [2.45, 2.75) is 5.09 Å². The van der Waals surface area contributed by atoms with Crippen LogP contribution in [0.2, 0.25) is 0 Å². The Morgan fingerprint density at radius 2 is 2.22 bits per heavy atom. The second-order valence-corrected chi connectivity index (χ2v) is 5.73. The number of para-hydroxylation sites is 2. The molecule has 0 unspecified atom stereocenters. The van der Waals surface area contributed by atoms with Crippen LogP contribution in [0, 0.1) is 0 Å². The van der Waals surface area contributed by atoms with Crippen molar-refractivity contribution in [3.63, 3.8) is 0 Å². The molecule has 0 fully saturated rings. The fourth-order valence-electron chi connectivity index (χ4n) is 2.33. The van der Waals surface area contributed by atoms with Crippen LogP contribution in [-0.2, 0) is 4.79 Å². The number of nitrogens with one attached hydrogen (secondary N) is 1. The first-order valence-corrected chi connectivity index (χ1v) is 8.34. The summed E-state index contributed by atoms with van der Waals surface area (Å²) in [6.07, 6.45) is 3.30. The smallest absolute Gasteiger partial charge is 0.265 e. The largest absolute Gasteiger partial charge is 0.482 e. The summed E-state index contributed by atoms with van der Waals surface area (Å²) in [5, 5.41) is 3.48. The lowest BCUT2D eigenvalue weighted by molar-refractivity contribution is -0.121. The number of carbonyl (C=O) groups excluding carboxylic acids is 2. The lowest BCUT2D eigenvalue weighted by Gasteiger charge is -2.29. The van der Waals surface area contributed by atoms with Gasteiger partial charge in [0, 0.05) is 19.2 Å². The van der Waals surface area contributed by atoms with Crippen LogP contribution in [0.3, 0.4) is 0 Å². The van der Waals surface area contributed by atoms with E-state index in [9.17, 15) is 9.59 Å². The van der Waals surface area contributed by atoms with Crippen molar-refractivity contribution in [2.24, 2.45) is 0 Å². The molecule has 7 heteroatoms. The Bertz CT molecular complexity index is 728. The first kappa shape index (κ1) is 15.5. The van der Waals surface area contributed by atoms with Crippen LogP contribution in [0.4, 0.5) is 5.69 Å². The topological polar surface area (TPSA) is 71.8 Å². The highest BCUT2D eigenvalue weighted by molar-refractivity contribution is 7.98. The summed E-state index contributed by atoms with van der Waals surface area (Å²) in [6, 6.07) is 9.05. The molecule has 0 saturated carbocycles. The van der Waals surface area contributed by atoms with E-state index in [4.69, 9.17) is 9.15 Å². The molecule has 2 aromatic rings. The second kappa shape index (κ2) is 6.78. The van der Waals surface area contributed by atoms with Crippen LogP contribution >= 0.6 is 11.8 Å². The highest BCUT2D eigenvalue weighted by Crippen LogP contribution is 2.30. The minimum atomic E-state index is -0.219. The SMILES string of the molecule is CSc1cc(C(=O)NCCN2C(=O)COc3ccccc32)co1.